The van der Waals surface area contributed by atoms with Crippen molar-refractivity contribution in [2.45, 2.75) is 32.0 Å². The molecule has 0 aliphatic carbocycles. The summed E-state index contributed by atoms with van der Waals surface area (Å²) >= 11 is 1.51. The molecule has 3 aromatic carbocycles. The van der Waals surface area contributed by atoms with Crippen LogP contribution in [0, 0.1) is 5.82 Å². The second kappa shape index (κ2) is 7.95. The van der Waals surface area contributed by atoms with Gasteiger partial charge in [0.2, 0.25) is 0 Å². The molecule has 0 saturated heterocycles. The van der Waals surface area contributed by atoms with Crippen LogP contribution in [-0.2, 0) is 19.4 Å². The summed E-state index contributed by atoms with van der Waals surface area (Å²) in [7, 11) is 0. The van der Waals surface area contributed by atoms with Crippen molar-refractivity contribution in [1.29, 1.82) is 0 Å². The van der Waals surface area contributed by atoms with Crippen molar-refractivity contribution in [3.63, 3.8) is 0 Å². The van der Waals surface area contributed by atoms with Gasteiger partial charge in [0.05, 0.1) is 10.2 Å². The Labute approximate surface area is 178 Å². The molecular weight excluding hydrogens is 399 g/mol. The quantitative estimate of drug-likeness (QED) is 0.431. The molecule has 0 amide bonds. The van der Waals surface area contributed by atoms with E-state index in [9.17, 15) is 4.39 Å². The SMILES string of the molecule is Nc1cccc(CC2CCc3ccc(OCc4nc5cc(F)ccc5s4)cc3O2)c1. The van der Waals surface area contributed by atoms with Gasteiger partial charge in [0.15, 0.2) is 0 Å². The number of thiazole rings is 1. The Kier molecular flexibility index (Phi) is 5.01. The van der Waals surface area contributed by atoms with Gasteiger partial charge < -0.3 is 15.2 Å². The maximum Gasteiger partial charge on any atom is 0.140 e. The minimum atomic E-state index is -0.278. The minimum Gasteiger partial charge on any atom is -0.490 e. The first-order valence-electron chi connectivity index (χ1n) is 9.94. The number of halogens is 1. The number of nitrogens with two attached hydrogens (primary N) is 1. The Morgan fingerprint density at radius 1 is 1.13 bits per heavy atom. The van der Waals surface area contributed by atoms with Crippen molar-refractivity contribution in [2.24, 2.45) is 0 Å². The molecule has 4 aromatic rings. The van der Waals surface area contributed by atoms with Gasteiger partial charge in [-0.05, 0) is 54.3 Å². The van der Waals surface area contributed by atoms with E-state index in [0.717, 1.165) is 46.2 Å². The fourth-order valence-electron chi connectivity index (χ4n) is 3.78. The number of rotatable bonds is 5. The first-order chi connectivity index (χ1) is 14.6. The van der Waals surface area contributed by atoms with E-state index in [-0.39, 0.29) is 11.9 Å². The summed E-state index contributed by atoms with van der Waals surface area (Å²) in [5.74, 6) is 1.34. The van der Waals surface area contributed by atoms with Gasteiger partial charge in [-0.3, -0.25) is 0 Å². The lowest BCUT2D eigenvalue weighted by atomic mass is 9.97. The Hall–Kier alpha value is -3.12. The summed E-state index contributed by atoms with van der Waals surface area (Å²) in [6, 6.07) is 18.6. The highest BCUT2D eigenvalue weighted by Gasteiger charge is 2.21. The van der Waals surface area contributed by atoms with E-state index in [0.29, 0.717) is 12.1 Å². The van der Waals surface area contributed by atoms with Gasteiger partial charge in [0, 0.05) is 24.2 Å². The number of nitrogen functional groups attached to an aromatic ring is 1. The Bertz CT molecular complexity index is 1210. The molecule has 0 spiro atoms. The van der Waals surface area contributed by atoms with E-state index in [1.54, 1.807) is 6.07 Å². The van der Waals surface area contributed by atoms with Crippen molar-refractivity contribution in [2.75, 3.05) is 5.73 Å². The Morgan fingerprint density at radius 3 is 2.97 bits per heavy atom. The van der Waals surface area contributed by atoms with Gasteiger partial charge >= 0.3 is 0 Å². The first-order valence-corrected chi connectivity index (χ1v) is 10.8. The van der Waals surface area contributed by atoms with Crippen molar-refractivity contribution < 1.29 is 13.9 Å². The van der Waals surface area contributed by atoms with E-state index < -0.39 is 0 Å². The van der Waals surface area contributed by atoms with Crippen molar-refractivity contribution in [3.05, 3.63) is 82.6 Å². The second-order valence-corrected chi connectivity index (χ2v) is 8.62. The molecule has 152 valence electrons. The van der Waals surface area contributed by atoms with E-state index in [1.807, 2.05) is 30.3 Å². The monoisotopic (exact) mass is 420 g/mol. The highest BCUT2D eigenvalue weighted by molar-refractivity contribution is 7.18. The van der Waals surface area contributed by atoms with Crippen LogP contribution < -0.4 is 15.2 Å². The second-order valence-electron chi connectivity index (χ2n) is 7.51. The summed E-state index contributed by atoms with van der Waals surface area (Å²) in [6.45, 7) is 0.340. The zero-order valence-corrected chi connectivity index (χ0v) is 17.1. The number of hydrogen-bond donors (Lipinski definition) is 1. The molecule has 2 N–H and O–H groups in total. The molecule has 2 heterocycles. The summed E-state index contributed by atoms with van der Waals surface area (Å²) < 4.78 is 26.5. The molecule has 1 atom stereocenters. The maximum atomic E-state index is 13.4. The standard InChI is InChI=1S/C24H21FN2O2S/c25-17-6-9-23-21(12-17)27-24(30-23)14-28-19-7-4-16-5-8-20(29-22(16)13-19)11-15-2-1-3-18(26)10-15/h1-4,6-7,9-10,12-13,20H,5,8,11,14,26H2. The largest absolute Gasteiger partial charge is 0.490 e. The lowest BCUT2D eigenvalue weighted by Gasteiger charge is -2.26. The summed E-state index contributed by atoms with van der Waals surface area (Å²) in [4.78, 5) is 4.45. The molecule has 6 heteroatoms. The number of aromatic nitrogens is 1. The third-order valence-electron chi connectivity index (χ3n) is 5.24. The zero-order chi connectivity index (χ0) is 20.5. The van der Waals surface area contributed by atoms with E-state index in [1.165, 1.54) is 34.6 Å². The molecule has 1 unspecified atom stereocenters. The van der Waals surface area contributed by atoms with Crippen LogP contribution in [0.25, 0.3) is 10.2 Å². The number of anilines is 1. The molecule has 1 aliphatic rings. The van der Waals surface area contributed by atoms with Crippen molar-refractivity contribution in [1.82, 2.24) is 4.98 Å². The third-order valence-corrected chi connectivity index (χ3v) is 6.25. The highest BCUT2D eigenvalue weighted by atomic mass is 32.1. The maximum absolute atomic E-state index is 13.4. The summed E-state index contributed by atoms with van der Waals surface area (Å²) in [5.41, 5.74) is 9.71. The van der Waals surface area contributed by atoms with Gasteiger partial charge in [-0.15, -0.1) is 11.3 Å². The Morgan fingerprint density at radius 2 is 2.07 bits per heavy atom. The van der Waals surface area contributed by atoms with Crippen LogP contribution in [0.5, 0.6) is 11.5 Å². The zero-order valence-electron chi connectivity index (χ0n) is 16.3. The van der Waals surface area contributed by atoms with Gasteiger partial charge in [-0.25, -0.2) is 9.37 Å². The van der Waals surface area contributed by atoms with Crippen LogP contribution >= 0.6 is 11.3 Å². The van der Waals surface area contributed by atoms with Gasteiger partial charge in [0.1, 0.15) is 35.0 Å². The summed E-state index contributed by atoms with van der Waals surface area (Å²) in [6.07, 6.45) is 2.91. The molecule has 30 heavy (non-hydrogen) atoms. The van der Waals surface area contributed by atoms with Crippen LogP contribution in [0.15, 0.2) is 60.7 Å². The predicted molar refractivity (Wildman–Crippen MR) is 118 cm³/mol. The van der Waals surface area contributed by atoms with Crippen LogP contribution in [0.2, 0.25) is 0 Å². The van der Waals surface area contributed by atoms with E-state index in [4.69, 9.17) is 15.2 Å². The fraction of sp³-hybridized carbons (Fsp3) is 0.208. The van der Waals surface area contributed by atoms with Crippen molar-refractivity contribution >= 4 is 27.2 Å². The molecule has 0 fully saturated rings. The minimum absolute atomic E-state index is 0.119. The van der Waals surface area contributed by atoms with Crippen LogP contribution in [0.1, 0.15) is 22.6 Å². The summed E-state index contributed by atoms with van der Waals surface area (Å²) in [5, 5.41) is 0.814. The first kappa shape index (κ1) is 18.9. The van der Waals surface area contributed by atoms with Gasteiger partial charge in [-0.1, -0.05) is 18.2 Å². The van der Waals surface area contributed by atoms with E-state index in [2.05, 4.69) is 17.1 Å². The molecule has 0 radical (unpaired) electrons. The van der Waals surface area contributed by atoms with Crippen LogP contribution in [0.3, 0.4) is 0 Å². The van der Waals surface area contributed by atoms with Crippen LogP contribution in [0.4, 0.5) is 10.1 Å². The molecular formula is C24H21FN2O2S. The van der Waals surface area contributed by atoms with Crippen molar-refractivity contribution in [3.8, 4) is 11.5 Å². The number of nitrogens with zero attached hydrogens (tertiary/aromatic N) is 1. The normalized spacial score (nSPS) is 15.6. The Balaban J connectivity index is 1.26. The average Bonchev–Trinajstić information content (AvgIpc) is 3.14. The van der Waals surface area contributed by atoms with Crippen LogP contribution in [-0.4, -0.2) is 11.1 Å². The highest BCUT2D eigenvalue weighted by Crippen LogP contribution is 2.33. The average molecular weight is 421 g/mol. The lowest BCUT2D eigenvalue weighted by molar-refractivity contribution is 0.172. The number of fused-ring (bicyclic) bond motifs is 2. The molecule has 0 bridgehead atoms. The molecule has 1 aromatic heterocycles. The predicted octanol–water partition coefficient (Wildman–Crippen LogP) is 5.53. The smallest absolute Gasteiger partial charge is 0.140 e. The topological polar surface area (TPSA) is 57.4 Å². The fourth-order valence-corrected chi connectivity index (χ4v) is 4.64. The number of aryl methyl sites for hydroxylation is 1. The molecule has 0 saturated carbocycles. The number of ether oxygens (including phenoxy) is 2. The number of benzene rings is 3. The lowest BCUT2D eigenvalue weighted by Crippen LogP contribution is -2.25. The number of hydrogen-bond acceptors (Lipinski definition) is 5. The van der Waals surface area contributed by atoms with E-state index >= 15 is 0 Å². The van der Waals surface area contributed by atoms with Gasteiger partial charge in [-0.2, -0.15) is 0 Å². The molecule has 4 nitrogen and oxygen atoms in total. The van der Waals surface area contributed by atoms with Gasteiger partial charge in [0.25, 0.3) is 0 Å². The molecule has 5 rings (SSSR count). The third kappa shape index (κ3) is 4.09. The molecule has 1 aliphatic heterocycles.